The molecule has 0 saturated carbocycles. The van der Waals surface area contributed by atoms with Crippen LogP contribution in [0.25, 0.3) is 11.2 Å². The van der Waals surface area contributed by atoms with Crippen LogP contribution in [0.4, 0.5) is 5.82 Å². The van der Waals surface area contributed by atoms with E-state index in [0.29, 0.717) is 0 Å². The van der Waals surface area contributed by atoms with Crippen molar-refractivity contribution in [3.8, 4) is 0 Å². The van der Waals surface area contributed by atoms with E-state index < -0.39 is 60.1 Å². The molecule has 6 atom stereocenters. The number of rotatable bonds is 8. The number of hydrogen-bond acceptors (Lipinski definition) is 14. The fourth-order valence-corrected chi connectivity index (χ4v) is 7.23. The maximum atomic E-state index is 12.0. The van der Waals surface area contributed by atoms with Crippen molar-refractivity contribution in [2.45, 2.75) is 24.5 Å². The molecule has 22 heteroatoms. The van der Waals surface area contributed by atoms with E-state index in [2.05, 4.69) is 23.8 Å². The number of hydrogen-bond donors (Lipinski definition) is 5. The predicted octanol–water partition coefficient (Wildman–Crippen LogP) is -8.77. The molecule has 3 unspecified atom stereocenters. The Morgan fingerprint density at radius 3 is 2.33 bits per heavy atom. The molecule has 1 fully saturated rings. The van der Waals surface area contributed by atoms with Crippen molar-refractivity contribution >= 4 is 40.0 Å². The van der Waals surface area contributed by atoms with Gasteiger partial charge >= 0.3 is 52.9 Å². The maximum absolute atomic E-state index is 12.0. The number of phosphoric acid groups is 1. The third-order valence-electron chi connectivity index (χ3n) is 4.02. The summed E-state index contributed by atoms with van der Waals surface area (Å²) in [5, 5.41) is 20.5. The van der Waals surface area contributed by atoms with Gasteiger partial charge in [-0.15, -0.1) is 0 Å². The summed E-state index contributed by atoms with van der Waals surface area (Å²) in [6, 6.07) is 0. The number of nitrogens with two attached hydrogens (primary N) is 1. The molecule has 0 aliphatic carbocycles. The number of nitrogen functional groups attached to an aromatic ring is 1. The summed E-state index contributed by atoms with van der Waals surface area (Å²) >= 11 is 0. The van der Waals surface area contributed by atoms with Crippen LogP contribution in [0.2, 0.25) is 0 Å². The smallest absolute Gasteiger partial charge is 0.789 e. The van der Waals surface area contributed by atoms with Crippen LogP contribution < -0.4 is 53.2 Å². The summed E-state index contributed by atoms with van der Waals surface area (Å²) in [5.74, 6) is -1.67. The second kappa shape index (κ2) is 11.3. The summed E-state index contributed by atoms with van der Waals surface area (Å²) in [7, 11) is -16.2. The summed E-state index contributed by atoms with van der Waals surface area (Å²) < 4.78 is 48.6. The van der Waals surface area contributed by atoms with Crippen molar-refractivity contribution in [1.82, 2.24) is 19.5 Å². The van der Waals surface area contributed by atoms with Crippen LogP contribution in [-0.4, -0.2) is 70.3 Å². The van der Waals surface area contributed by atoms with Gasteiger partial charge in [-0.2, -0.15) is 0 Å². The molecule has 0 radical (unpaired) electrons. The second-order valence-electron chi connectivity index (χ2n) is 6.37. The fraction of sp³-hybridized carbons (Fsp3) is 0.545. The van der Waals surface area contributed by atoms with E-state index in [-0.39, 0.29) is 54.7 Å². The van der Waals surface area contributed by atoms with E-state index >= 15 is 0 Å². The Kier molecular flexibility index (Phi) is 10.6. The van der Waals surface area contributed by atoms with Gasteiger partial charge in [0.25, 0.3) is 0 Å². The van der Waals surface area contributed by atoms with Gasteiger partial charge in [-0.3, -0.25) is 18.0 Å². The minimum absolute atomic E-state index is 0. The molecule has 3 rings (SSSR count). The minimum Gasteiger partial charge on any atom is -0.789 e. The Hall–Kier alpha value is -0.125. The van der Waals surface area contributed by atoms with Gasteiger partial charge in [0.2, 0.25) is 0 Å². The first-order valence-corrected chi connectivity index (χ1v) is 13.1. The molecule has 33 heavy (non-hydrogen) atoms. The number of aromatic nitrogens is 4. The van der Waals surface area contributed by atoms with Crippen LogP contribution in [0.15, 0.2) is 12.7 Å². The molecule has 2 aromatic rings. The number of fused-ring (bicyclic) bond motifs is 1. The average molecular weight is 517 g/mol. The van der Waals surface area contributed by atoms with Crippen LogP contribution in [0.5, 0.6) is 0 Å². The quantitative estimate of drug-likeness (QED) is 0.161. The monoisotopic (exact) mass is 517 g/mol. The standard InChI is InChI=1S/C11H18N5O12P3.2Li/c12-9-6-10(14-2-13-9)16(3-15-6)11-8(18)7(17)5(27-11)1-26-29(19,20)4-30(21,22)28-31(23,24)25;;/h2-3,5,7-8,11,17-18H,1,4H2,(H,19,20)(H,21,22)(H2,12,13,14)(H2,23,24,25);;/q;2*+1/p-2/t5-,7?,8-,11-;;/m1../s1. The van der Waals surface area contributed by atoms with Crippen molar-refractivity contribution in [3.63, 3.8) is 0 Å². The van der Waals surface area contributed by atoms with Gasteiger partial charge in [-0.25, -0.2) is 15.0 Å². The number of anilines is 1. The summed E-state index contributed by atoms with van der Waals surface area (Å²) in [6.45, 7) is -0.862. The SMILES string of the molecule is Nc1ncnc2c1ncn2[C@@H]1O[C@H](COP(=O)(O)CP(=O)(O)OP(=O)([O-])[O-])C(O)[C@H]1O.[Li+].[Li+]. The third-order valence-corrected chi connectivity index (χ3v) is 9.26. The Morgan fingerprint density at radius 2 is 1.73 bits per heavy atom. The van der Waals surface area contributed by atoms with Crippen LogP contribution in [0.1, 0.15) is 6.23 Å². The molecule has 1 aliphatic rings. The van der Waals surface area contributed by atoms with E-state index in [1.807, 2.05) is 0 Å². The molecule has 0 spiro atoms. The van der Waals surface area contributed by atoms with E-state index in [4.69, 9.17) is 10.5 Å². The fourth-order valence-electron chi connectivity index (χ4n) is 2.79. The predicted molar refractivity (Wildman–Crippen MR) is 94.8 cm³/mol. The van der Waals surface area contributed by atoms with Crippen LogP contribution in [0.3, 0.4) is 0 Å². The largest absolute Gasteiger partial charge is 1.00 e. The molecular formula is C11H16Li2N5O12P3. The van der Waals surface area contributed by atoms with Gasteiger partial charge in [0.15, 0.2) is 23.6 Å². The zero-order valence-corrected chi connectivity index (χ0v) is 19.8. The van der Waals surface area contributed by atoms with Gasteiger partial charge in [0, 0.05) is 0 Å². The van der Waals surface area contributed by atoms with E-state index in [9.17, 15) is 43.5 Å². The van der Waals surface area contributed by atoms with Crippen molar-refractivity contribution < 1.29 is 94.8 Å². The van der Waals surface area contributed by atoms with E-state index in [0.717, 1.165) is 6.33 Å². The van der Waals surface area contributed by atoms with Crippen molar-refractivity contribution in [1.29, 1.82) is 0 Å². The van der Waals surface area contributed by atoms with Gasteiger partial charge in [-0.05, 0) is 0 Å². The summed E-state index contributed by atoms with van der Waals surface area (Å²) in [4.78, 5) is 51.5. The zero-order valence-electron chi connectivity index (χ0n) is 17.1. The van der Waals surface area contributed by atoms with E-state index in [1.165, 1.54) is 10.9 Å². The van der Waals surface area contributed by atoms with Crippen molar-refractivity contribution in [3.05, 3.63) is 12.7 Å². The minimum atomic E-state index is -5.92. The van der Waals surface area contributed by atoms with Crippen molar-refractivity contribution in [2.24, 2.45) is 0 Å². The first kappa shape index (κ1) is 30.9. The molecule has 3 heterocycles. The van der Waals surface area contributed by atoms with Gasteiger partial charge in [-0.1, -0.05) is 0 Å². The Labute approximate surface area is 209 Å². The average Bonchev–Trinajstić information content (AvgIpc) is 3.13. The Morgan fingerprint density at radius 1 is 1.09 bits per heavy atom. The molecule has 1 aliphatic heterocycles. The summed E-state index contributed by atoms with van der Waals surface area (Å²) in [6.07, 6.45) is -3.53. The molecule has 0 bridgehead atoms. The normalized spacial score (nSPS) is 26.7. The van der Waals surface area contributed by atoms with Crippen LogP contribution in [0, 0.1) is 0 Å². The number of aliphatic hydroxyl groups excluding tert-OH is 2. The summed E-state index contributed by atoms with van der Waals surface area (Å²) in [5.41, 5.74) is 6.03. The molecule has 174 valence electrons. The number of imidazole rings is 1. The topological polar surface area (TPSA) is 276 Å². The second-order valence-corrected chi connectivity index (χ2v) is 11.9. The molecule has 0 amide bonds. The molecule has 0 aromatic carbocycles. The van der Waals surface area contributed by atoms with Crippen LogP contribution >= 0.6 is 23.0 Å². The van der Waals surface area contributed by atoms with Crippen molar-refractivity contribution in [2.75, 3.05) is 18.2 Å². The maximum Gasteiger partial charge on any atom is 1.00 e. The Balaban J connectivity index is 0.00000272. The van der Waals surface area contributed by atoms with Gasteiger partial charge in [0.1, 0.15) is 30.2 Å². The van der Waals surface area contributed by atoms with Gasteiger partial charge in [0.05, 0.1) is 20.8 Å². The molecular weight excluding hydrogens is 501 g/mol. The van der Waals surface area contributed by atoms with Gasteiger partial charge < -0.3 is 49.3 Å². The molecule has 6 N–H and O–H groups in total. The molecule has 17 nitrogen and oxygen atoms in total. The van der Waals surface area contributed by atoms with Crippen LogP contribution in [-0.2, 0) is 27.3 Å². The number of ether oxygens (including phenoxy) is 1. The third kappa shape index (κ3) is 7.68. The number of aliphatic hydroxyl groups is 2. The molecule has 1 saturated heterocycles. The Bertz CT molecular complexity index is 1120. The first-order chi connectivity index (χ1) is 14.2. The molecule has 2 aromatic heterocycles. The first-order valence-electron chi connectivity index (χ1n) is 8.15. The number of nitrogens with zero attached hydrogens (tertiary/aromatic N) is 4. The van der Waals surface area contributed by atoms with E-state index in [1.54, 1.807) is 0 Å². The zero-order chi connectivity index (χ0) is 23.2.